The Morgan fingerprint density at radius 1 is 1.14 bits per heavy atom. The van der Waals surface area contributed by atoms with E-state index in [0.717, 1.165) is 76.0 Å². The van der Waals surface area contributed by atoms with E-state index < -0.39 is 0 Å². The van der Waals surface area contributed by atoms with Crippen LogP contribution in [0.3, 0.4) is 0 Å². The first kappa shape index (κ1) is 23.3. The van der Waals surface area contributed by atoms with Crippen molar-refractivity contribution in [2.75, 3.05) is 38.1 Å². The number of nitrogens with one attached hydrogen (secondary N) is 3. The summed E-state index contributed by atoms with van der Waals surface area (Å²) in [5.41, 5.74) is 2.67. The van der Waals surface area contributed by atoms with Crippen LogP contribution in [0, 0.1) is 0 Å². The summed E-state index contributed by atoms with van der Waals surface area (Å²) in [6.45, 7) is 6.37. The van der Waals surface area contributed by atoms with Crippen LogP contribution in [0.1, 0.15) is 30.9 Å². The van der Waals surface area contributed by atoms with E-state index in [-0.39, 0.29) is 24.0 Å². The van der Waals surface area contributed by atoms with E-state index in [1.54, 1.807) is 6.20 Å². The van der Waals surface area contributed by atoms with Gasteiger partial charge in [0.15, 0.2) is 5.96 Å². The zero-order valence-electron chi connectivity index (χ0n) is 17.1. The number of nitrogens with zero attached hydrogens (tertiary/aromatic N) is 2. The quantitative estimate of drug-likeness (QED) is 0.198. The van der Waals surface area contributed by atoms with Crippen LogP contribution in [0.4, 0.5) is 5.82 Å². The number of anilines is 1. The van der Waals surface area contributed by atoms with Crippen molar-refractivity contribution in [1.82, 2.24) is 15.6 Å². The monoisotopic (exact) mass is 509 g/mol. The third-order valence-corrected chi connectivity index (χ3v) is 4.63. The van der Waals surface area contributed by atoms with E-state index in [4.69, 9.17) is 4.74 Å². The Morgan fingerprint density at radius 2 is 2.07 bits per heavy atom. The normalized spacial score (nSPS) is 12.5. The smallest absolute Gasteiger partial charge is 0.191 e. The van der Waals surface area contributed by atoms with Gasteiger partial charge in [-0.15, -0.1) is 24.0 Å². The van der Waals surface area contributed by atoms with Crippen molar-refractivity contribution >= 4 is 35.8 Å². The van der Waals surface area contributed by atoms with Crippen molar-refractivity contribution in [1.29, 1.82) is 0 Å². The summed E-state index contributed by atoms with van der Waals surface area (Å²) in [7, 11) is 0. The Hall–Kier alpha value is -2.03. The predicted molar refractivity (Wildman–Crippen MR) is 131 cm³/mol. The molecule has 0 bridgehead atoms. The molecule has 158 valence electrons. The Balaban J connectivity index is 0.00000300. The molecular formula is C22H32IN5O. The minimum Gasteiger partial charge on any atom is -0.493 e. The lowest BCUT2D eigenvalue weighted by Gasteiger charge is -2.12. The molecular weight excluding hydrogens is 477 g/mol. The van der Waals surface area contributed by atoms with Crippen molar-refractivity contribution in [3.8, 4) is 5.75 Å². The molecule has 29 heavy (non-hydrogen) atoms. The number of guanidine groups is 1. The van der Waals surface area contributed by atoms with E-state index in [1.165, 1.54) is 11.1 Å². The van der Waals surface area contributed by atoms with Crippen molar-refractivity contribution in [3.63, 3.8) is 0 Å². The molecule has 2 aromatic rings. The minimum atomic E-state index is 0. The number of halogens is 1. The topological polar surface area (TPSA) is 70.6 Å². The first-order valence-electron chi connectivity index (χ1n) is 10.3. The van der Waals surface area contributed by atoms with Gasteiger partial charge in [0.2, 0.25) is 0 Å². The van der Waals surface area contributed by atoms with Crippen LogP contribution in [0.5, 0.6) is 5.75 Å². The van der Waals surface area contributed by atoms with Gasteiger partial charge in [0, 0.05) is 38.8 Å². The number of benzene rings is 1. The lowest BCUT2D eigenvalue weighted by atomic mass is 10.1. The molecule has 3 N–H and O–H groups in total. The van der Waals surface area contributed by atoms with Gasteiger partial charge in [0.25, 0.3) is 0 Å². The van der Waals surface area contributed by atoms with E-state index in [2.05, 4.69) is 51.0 Å². The highest BCUT2D eigenvalue weighted by Crippen LogP contribution is 2.25. The lowest BCUT2D eigenvalue weighted by molar-refractivity contribution is 0.357. The Kier molecular flexibility index (Phi) is 10.6. The van der Waals surface area contributed by atoms with E-state index in [9.17, 15) is 0 Å². The fourth-order valence-electron chi connectivity index (χ4n) is 3.17. The lowest BCUT2D eigenvalue weighted by Crippen LogP contribution is -2.38. The first-order chi connectivity index (χ1) is 13.8. The molecule has 6 nitrogen and oxygen atoms in total. The molecule has 2 heterocycles. The van der Waals surface area contributed by atoms with Gasteiger partial charge in [-0.1, -0.05) is 18.2 Å². The third-order valence-electron chi connectivity index (χ3n) is 4.63. The van der Waals surface area contributed by atoms with Gasteiger partial charge >= 0.3 is 0 Å². The zero-order valence-corrected chi connectivity index (χ0v) is 19.4. The number of fused-ring (bicyclic) bond motifs is 1. The third kappa shape index (κ3) is 8.08. The van der Waals surface area contributed by atoms with Crippen LogP contribution >= 0.6 is 24.0 Å². The predicted octanol–water partition coefficient (Wildman–Crippen LogP) is 3.62. The molecule has 1 aliphatic heterocycles. The number of unbranched alkanes of at least 4 members (excludes halogenated alkanes) is 1. The van der Waals surface area contributed by atoms with Gasteiger partial charge < -0.3 is 20.7 Å². The largest absolute Gasteiger partial charge is 0.493 e. The highest BCUT2D eigenvalue weighted by molar-refractivity contribution is 14.0. The molecule has 0 radical (unpaired) electrons. The summed E-state index contributed by atoms with van der Waals surface area (Å²) in [4.78, 5) is 8.94. The van der Waals surface area contributed by atoms with Crippen molar-refractivity contribution < 1.29 is 4.74 Å². The number of hydrogen-bond acceptors (Lipinski definition) is 4. The molecule has 3 rings (SSSR count). The number of pyridine rings is 1. The number of aliphatic imine (C=N–C) groups is 1. The molecule has 0 spiro atoms. The second kappa shape index (κ2) is 13.2. The summed E-state index contributed by atoms with van der Waals surface area (Å²) < 4.78 is 5.57. The summed E-state index contributed by atoms with van der Waals surface area (Å²) >= 11 is 0. The van der Waals surface area contributed by atoms with Gasteiger partial charge in [-0.3, -0.25) is 4.99 Å². The number of rotatable bonds is 10. The molecule has 1 aromatic heterocycles. The van der Waals surface area contributed by atoms with Crippen LogP contribution in [-0.4, -0.2) is 43.7 Å². The second-order valence-corrected chi connectivity index (χ2v) is 6.83. The Morgan fingerprint density at radius 3 is 2.90 bits per heavy atom. The molecule has 0 amide bonds. The van der Waals surface area contributed by atoms with Crippen LogP contribution in [-0.2, 0) is 12.8 Å². The van der Waals surface area contributed by atoms with E-state index >= 15 is 0 Å². The van der Waals surface area contributed by atoms with Gasteiger partial charge in [0.1, 0.15) is 11.6 Å². The average molecular weight is 509 g/mol. The summed E-state index contributed by atoms with van der Waals surface area (Å²) in [5, 5.41) is 10.1. The molecule has 0 saturated carbocycles. The average Bonchev–Trinajstić information content (AvgIpc) is 3.19. The fraction of sp³-hybridized carbons (Fsp3) is 0.455. The van der Waals surface area contributed by atoms with Crippen LogP contribution in [0.2, 0.25) is 0 Å². The fourth-order valence-corrected chi connectivity index (χ4v) is 3.17. The molecule has 7 heteroatoms. The van der Waals surface area contributed by atoms with Gasteiger partial charge in [-0.05, 0) is 55.5 Å². The Bertz CT molecular complexity index is 754. The van der Waals surface area contributed by atoms with Gasteiger partial charge in [0.05, 0.1) is 6.61 Å². The molecule has 0 unspecified atom stereocenters. The minimum absolute atomic E-state index is 0. The maximum Gasteiger partial charge on any atom is 0.191 e. The number of ether oxygens (including phenoxy) is 1. The SMILES string of the molecule is CCNC(=NCCCCNc1ccccn1)NCCc1ccc2c(c1)CCO2.I. The zero-order chi connectivity index (χ0) is 19.4. The maximum atomic E-state index is 5.57. The molecule has 0 aliphatic carbocycles. The van der Waals surface area contributed by atoms with Crippen LogP contribution < -0.4 is 20.7 Å². The van der Waals surface area contributed by atoms with E-state index in [1.807, 2.05) is 18.2 Å². The molecule has 0 saturated heterocycles. The summed E-state index contributed by atoms with van der Waals surface area (Å²) in [6.07, 6.45) is 5.91. The number of aromatic nitrogens is 1. The van der Waals surface area contributed by atoms with Crippen molar-refractivity contribution in [3.05, 3.63) is 53.7 Å². The standard InChI is InChI=1S/C22H31N5O.HI/c1-2-23-22(26-14-6-5-13-25-21-7-3-4-12-24-21)27-15-10-18-8-9-20-19(17-18)11-16-28-20;/h3-4,7-9,12,17H,2,5-6,10-11,13-16H2,1H3,(H,24,25)(H2,23,26,27);1H. The summed E-state index contributed by atoms with van der Waals surface area (Å²) in [6, 6.07) is 12.4. The molecule has 1 aliphatic rings. The highest BCUT2D eigenvalue weighted by atomic mass is 127. The van der Waals surface area contributed by atoms with E-state index in [0.29, 0.717) is 0 Å². The number of hydrogen-bond donors (Lipinski definition) is 3. The highest BCUT2D eigenvalue weighted by Gasteiger charge is 2.11. The van der Waals surface area contributed by atoms with Crippen LogP contribution in [0.15, 0.2) is 47.6 Å². The van der Waals surface area contributed by atoms with Crippen molar-refractivity contribution in [2.45, 2.75) is 32.6 Å². The Labute approximate surface area is 191 Å². The first-order valence-corrected chi connectivity index (χ1v) is 10.3. The molecule has 1 aromatic carbocycles. The molecule has 0 fully saturated rings. The summed E-state index contributed by atoms with van der Waals surface area (Å²) in [5.74, 6) is 2.87. The maximum absolute atomic E-state index is 5.57. The van der Waals surface area contributed by atoms with Gasteiger partial charge in [-0.25, -0.2) is 4.98 Å². The second-order valence-electron chi connectivity index (χ2n) is 6.83. The van der Waals surface area contributed by atoms with Gasteiger partial charge in [-0.2, -0.15) is 0 Å². The van der Waals surface area contributed by atoms with Crippen molar-refractivity contribution in [2.24, 2.45) is 4.99 Å². The molecule has 0 atom stereocenters. The van der Waals surface area contributed by atoms with Crippen LogP contribution in [0.25, 0.3) is 0 Å².